The molecule has 1 aromatic heterocycles. The van der Waals surface area contributed by atoms with E-state index in [-0.39, 0.29) is 6.10 Å². The normalized spacial score (nSPS) is 19.8. The zero-order valence-electron chi connectivity index (χ0n) is 13.7. The van der Waals surface area contributed by atoms with Gasteiger partial charge >= 0.3 is 0 Å². The van der Waals surface area contributed by atoms with Gasteiger partial charge in [-0.2, -0.15) is 0 Å². The Labute approximate surface area is 137 Å². The molecule has 3 rings (SSSR count). The van der Waals surface area contributed by atoms with Gasteiger partial charge in [0, 0.05) is 45.4 Å². The van der Waals surface area contributed by atoms with E-state index in [2.05, 4.69) is 52.3 Å². The van der Waals surface area contributed by atoms with Crippen molar-refractivity contribution in [3.8, 4) is 0 Å². The maximum Gasteiger partial charge on any atom is 0.124 e. The monoisotopic (exact) mass is 315 g/mol. The molecule has 1 aliphatic heterocycles. The number of nitrogens with zero attached hydrogens (tertiary/aromatic N) is 3. The average molecular weight is 315 g/mol. The summed E-state index contributed by atoms with van der Waals surface area (Å²) in [5.74, 6) is 0. The van der Waals surface area contributed by atoms with Gasteiger partial charge in [0.25, 0.3) is 0 Å². The third-order valence-electron chi connectivity index (χ3n) is 4.12. The second kappa shape index (κ2) is 8.24. The van der Waals surface area contributed by atoms with Crippen molar-refractivity contribution in [1.82, 2.24) is 15.0 Å². The van der Waals surface area contributed by atoms with Gasteiger partial charge in [0.15, 0.2) is 0 Å². The Bertz CT molecular complexity index is 559. The molecule has 23 heavy (non-hydrogen) atoms. The molecular formula is C18H25N3O2. The molecule has 5 nitrogen and oxygen atoms in total. The van der Waals surface area contributed by atoms with Crippen LogP contribution in [0.2, 0.25) is 0 Å². The number of rotatable bonds is 6. The fourth-order valence-corrected chi connectivity index (χ4v) is 3.07. The number of hydrogen-bond acceptors (Lipinski definition) is 5. The zero-order valence-corrected chi connectivity index (χ0v) is 13.7. The first kappa shape index (κ1) is 16.2. The first-order chi connectivity index (χ1) is 11.3. The van der Waals surface area contributed by atoms with Crippen molar-refractivity contribution < 1.29 is 9.26 Å². The predicted molar refractivity (Wildman–Crippen MR) is 88.9 cm³/mol. The number of ether oxygens (including phenoxy) is 1. The third kappa shape index (κ3) is 5.16. The second-order valence-corrected chi connectivity index (χ2v) is 6.25. The molecule has 1 aliphatic rings. The molecular weight excluding hydrogens is 290 g/mol. The van der Waals surface area contributed by atoms with Crippen LogP contribution in [0.5, 0.6) is 0 Å². The van der Waals surface area contributed by atoms with Crippen molar-refractivity contribution in [1.29, 1.82) is 0 Å². The molecule has 1 saturated heterocycles. The van der Waals surface area contributed by atoms with Gasteiger partial charge in [-0.05, 0) is 19.0 Å². The fraction of sp³-hybridized carbons (Fsp3) is 0.500. The summed E-state index contributed by atoms with van der Waals surface area (Å²) in [7, 11) is 2.10. The van der Waals surface area contributed by atoms with Crippen LogP contribution in [0.15, 0.2) is 47.2 Å². The van der Waals surface area contributed by atoms with E-state index in [1.54, 1.807) is 6.26 Å². The lowest BCUT2D eigenvalue weighted by molar-refractivity contribution is 0.0294. The minimum Gasteiger partial charge on any atom is -0.376 e. The van der Waals surface area contributed by atoms with Crippen LogP contribution in [-0.4, -0.2) is 54.3 Å². The first-order valence-electron chi connectivity index (χ1n) is 8.25. The Hall–Kier alpha value is -1.69. The molecule has 0 aliphatic carbocycles. The number of benzene rings is 1. The van der Waals surface area contributed by atoms with E-state index in [4.69, 9.17) is 9.26 Å². The largest absolute Gasteiger partial charge is 0.376 e. The first-order valence-corrected chi connectivity index (χ1v) is 8.25. The summed E-state index contributed by atoms with van der Waals surface area (Å²) in [6.45, 7) is 5.59. The molecule has 0 saturated carbocycles. The summed E-state index contributed by atoms with van der Waals surface area (Å²) >= 11 is 0. The number of likely N-dealkylation sites (N-methyl/N-ethyl adjacent to an activating group) is 1. The van der Waals surface area contributed by atoms with E-state index < -0.39 is 0 Å². The van der Waals surface area contributed by atoms with Crippen LogP contribution in [0.1, 0.15) is 17.7 Å². The van der Waals surface area contributed by atoms with Gasteiger partial charge in [-0.3, -0.25) is 9.80 Å². The predicted octanol–water partition coefficient (Wildman–Crippen LogP) is 2.40. The van der Waals surface area contributed by atoms with Crippen LogP contribution < -0.4 is 0 Å². The number of hydrogen-bond donors (Lipinski definition) is 0. The van der Waals surface area contributed by atoms with Crippen molar-refractivity contribution in [2.45, 2.75) is 25.6 Å². The minimum atomic E-state index is 0.234. The lowest BCUT2D eigenvalue weighted by Gasteiger charge is -2.26. The molecule has 0 N–H and O–H groups in total. The Morgan fingerprint density at radius 2 is 2.13 bits per heavy atom. The molecule has 2 heterocycles. The van der Waals surface area contributed by atoms with Crippen molar-refractivity contribution in [3.63, 3.8) is 0 Å². The van der Waals surface area contributed by atoms with Crippen molar-refractivity contribution in [2.75, 3.05) is 33.3 Å². The van der Waals surface area contributed by atoms with Crippen molar-refractivity contribution in [2.24, 2.45) is 0 Å². The van der Waals surface area contributed by atoms with Gasteiger partial charge in [-0.1, -0.05) is 35.5 Å². The van der Waals surface area contributed by atoms with Gasteiger partial charge in [0.1, 0.15) is 6.26 Å². The molecule has 1 unspecified atom stereocenters. The summed E-state index contributed by atoms with van der Waals surface area (Å²) in [6, 6.07) is 12.6. The van der Waals surface area contributed by atoms with Gasteiger partial charge in [0.2, 0.25) is 0 Å². The lowest BCUT2D eigenvalue weighted by atomic mass is 10.2. The molecule has 5 heteroatoms. The quantitative estimate of drug-likeness (QED) is 0.819. The van der Waals surface area contributed by atoms with Crippen LogP contribution in [0.25, 0.3) is 0 Å². The Balaban J connectivity index is 1.52. The molecule has 0 bridgehead atoms. The van der Waals surface area contributed by atoms with Crippen LogP contribution in [-0.2, 0) is 17.8 Å². The second-order valence-electron chi connectivity index (χ2n) is 6.25. The summed E-state index contributed by atoms with van der Waals surface area (Å²) in [5, 5.41) is 3.97. The third-order valence-corrected chi connectivity index (χ3v) is 4.12. The molecule has 2 aromatic rings. The molecule has 0 amide bonds. The van der Waals surface area contributed by atoms with Gasteiger partial charge in [-0.25, -0.2) is 0 Å². The van der Waals surface area contributed by atoms with E-state index in [1.807, 2.05) is 6.07 Å². The van der Waals surface area contributed by atoms with Crippen LogP contribution in [0.4, 0.5) is 0 Å². The summed E-state index contributed by atoms with van der Waals surface area (Å²) in [4.78, 5) is 4.74. The van der Waals surface area contributed by atoms with Gasteiger partial charge in [-0.15, -0.1) is 0 Å². The Morgan fingerprint density at radius 1 is 1.26 bits per heavy atom. The Morgan fingerprint density at radius 3 is 2.91 bits per heavy atom. The topological polar surface area (TPSA) is 41.7 Å². The van der Waals surface area contributed by atoms with E-state index in [0.29, 0.717) is 0 Å². The molecule has 1 aromatic carbocycles. The highest BCUT2D eigenvalue weighted by molar-refractivity contribution is 5.14. The van der Waals surface area contributed by atoms with Crippen LogP contribution >= 0.6 is 0 Å². The standard InChI is InChI=1S/C18H25N3O2/c1-20(13-17-8-11-23-19-17)14-18-15-21(9-5-10-22-18)12-16-6-3-2-4-7-16/h2-4,6-8,11,18H,5,9-10,12-15H2,1H3. The van der Waals surface area contributed by atoms with E-state index >= 15 is 0 Å². The van der Waals surface area contributed by atoms with Crippen molar-refractivity contribution in [3.05, 3.63) is 53.9 Å². The van der Waals surface area contributed by atoms with Crippen LogP contribution in [0.3, 0.4) is 0 Å². The number of aromatic nitrogens is 1. The minimum absolute atomic E-state index is 0.234. The Kier molecular flexibility index (Phi) is 5.80. The summed E-state index contributed by atoms with van der Waals surface area (Å²) in [5.41, 5.74) is 2.33. The van der Waals surface area contributed by atoms with E-state index in [9.17, 15) is 0 Å². The highest BCUT2D eigenvalue weighted by Crippen LogP contribution is 2.12. The van der Waals surface area contributed by atoms with E-state index in [0.717, 1.165) is 51.4 Å². The smallest absolute Gasteiger partial charge is 0.124 e. The zero-order chi connectivity index (χ0) is 15.9. The molecule has 0 spiro atoms. The summed E-state index contributed by atoms with van der Waals surface area (Å²) in [6.07, 6.45) is 2.95. The van der Waals surface area contributed by atoms with Gasteiger partial charge < -0.3 is 9.26 Å². The molecule has 1 fully saturated rings. The average Bonchev–Trinajstić information content (AvgIpc) is 2.95. The van der Waals surface area contributed by atoms with E-state index in [1.165, 1.54) is 5.56 Å². The highest BCUT2D eigenvalue weighted by Gasteiger charge is 2.20. The molecule has 0 radical (unpaired) electrons. The highest BCUT2D eigenvalue weighted by atomic mass is 16.5. The maximum atomic E-state index is 6.03. The summed E-state index contributed by atoms with van der Waals surface area (Å²) < 4.78 is 10.9. The van der Waals surface area contributed by atoms with Crippen LogP contribution in [0, 0.1) is 0 Å². The van der Waals surface area contributed by atoms with Crippen molar-refractivity contribution >= 4 is 0 Å². The molecule has 1 atom stereocenters. The lowest BCUT2D eigenvalue weighted by Crippen LogP contribution is -2.38. The molecule has 124 valence electrons. The SMILES string of the molecule is CN(Cc1ccon1)CC1CN(Cc2ccccc2)CCCO1. The van der Waals surface area contributed by atoms with Gasteiger partial charge in [0.05, 0.1) is 11.8 Å². The maximum absolute atomic E-state index is 6.03. The fourth-order valence-electron chi connectivity index (χ4n) is 3.07.